The summed E-state index contributed by atoms with van der Waals surface area (Å²) in [5.74, 6) is -0.776. The molecule has 0 saturated heterocycles. The number of pyridine rings is 2. The average molecular weight is 301 g/mol. The Kier molecular flexibility index (Phi) is 5.04. The van der Waals surface area contributed by atoms with Crippen molar-refractivity contribution in [3.63, 3.8) is 0 Å². The van der Waals surface area contributed by atoms with Gasteiger partial charge >= 0.3 is 0 Å². The molecule has 2 aromatic rings. The first-order chi connectivity index (χ1) is 10.6. The van der Waals surface area contributed by atoms with Crippen LogP contribution in [-0.4, -0.2) is 21.5 Å². The summed E-state index contributed by atoms with van der Waals surface area (Å²) in [6, 6.07) is 6.50. The number of amides is 2. The Morgan fingerprint density at radius 2 is 1.73 bits per heavy atom. The molecule has 116 valence electrons. The van der Waals surface area contributed by atoms with E-state index in [1.54, 1.807) is 18.2 Å². The van der Waals surface area contributed by atoms with Gasteiger partial charge in [-0.2, -0.15) is 9.69 Å². The Balaban J connectivity index is 2.65. The summed E-state index contributed by atoms with van der Waals surface area (Å²) in [4.78, 5) is 41.2. The summed E-state index contributed by atoms with van der Waals surface area (Å²) in [7, 11) is 0. The predicted octanol–water partition coefficient (Wildman–Crippen LogP) is 1.99. The van der Waals surface area contributed by atoms with E-state index in [1.807, 2.05) is 13.8 Å². The minimum atomic E-state index is -0.444. The van der Waals surface area contributed by atoms with Gasteiger partial charge in [-0.3, -0.25) is 14.4 Å². The van der Waals surface area contributed by atoms with Crippen LogP contribution in [0.1, 0.15) is 39.5 Å². The van der Waals surface area contributed by atoms with Gasteiger partial charge in [0.2, 0.25) is 11.8 Å². The van der Waals surface area contributed by atoms with Crippen molar-refractivity contribution >= 4 is 22.8 Å². The van der Waals surface area contributed by atoms with Gasteiger partial charge in [0.05, 0.1) is 0 Å². The van der Waals surface area contributed by atoms with Crippen LogP contribution in [0.4, 0.5) is 0 Å². The van der Waals surface area contributed by atoms with Crippen molar-refractivity contribution in [1.29, 1.82) is 0 Å². The SMILES string of the molecule is CCCC(=O)N(C(=O)CCC)n1c(=O)ccc2cccnc21. The molecule has 6 heteroatoms. The first-order valence-electron chi connectivity index (χ1n) is 7.43. The molecule has 6 nitrogen and oxygen atoms in total. The van der Waals surface area contributed by atoms with Gasteiger partial charge in [0.25, 0.3) is 5.56 Å². The fourth-order valence-corrected chi connectivity index (χ4v) is 2.25. The Hall–Kier alpha value is -2.50. The maximum Gasteiger partial charge on any atom is 0.271 e. The molecule has 0 atom stereocenters. The van der Waals surface area contributed by atoms with Crippen molar-refractivity contribution in [2.45, 2.75) is 39.5 Å². The molecule has 2 amide bonds. The summed E-state index contributed by atoms with van der Waals surface area (Å²) in [5.41, 5.74) is -0.135. The van der Waals surface area contributed by atoms with E-state index in [1.165, 1.54) is 12.3 Å². The van der Waals surface area contributed by atoms with Gasteiger partial charge in [0, 0.05) is 30.5 Å². The smallest absolute Gasteiger partial charge is 0.271 e. The van der Waals surface area contributed by atoms with Gasteiger partial charge in [-0.25, -0.2) is 4.98 Å². The summed E-state index contributed by atoms with van der Waals surface area (Å²) in [6.07, 6.45) is 3.13. The summed E-state index contributed by atoms with van der Waals surface area (Å²) < 4.78 is 1.09. The van der Waals surface area contributed by atoms with Gasteiger partial charge in [-0.05, 0) is 31.0 Å². The molecular weight excluding hydrogens is 282 g/mol. The number of imide groups is 1. The molecular formula is C16H19N3O3. The molecule has 0 aliphatic heterocycles. The van der Waals surface area contributed by atoms with Crippen LogP contribution in [0.15, 0.2) is 35.3 Å². The lowest BCUT2D eigenvalue weighted by Crippen LogP contribution is -2.50. The highest BCUT2D eigenvalue weighted by atomic mass is 16.2. The number of fused-ring (bicyclic) bond motifs is 1. The third kappa shape index (κ3) is 3.05. The van der Waals surface area contributed by atoms with Crippen molar-refractivity contribution in [2.75, 3.05) is 5.01 Å². The van der Waals surface area contributed by atoms with E-state index in [2.05, 4.69) is 4.98 Å². The van der Waals surface area contributed by atoms with Crippen molar-refractivity contribution in [3.8, 4) is 0 Å². The van der Waals surface area contributed by atoms with E-state index in [-0.39, 0.29) is 24.7 Å². The van der Waals surface area contributed by atoms with Gasteiger partial charge < -0.3 is 0 Å². The fraction of sp³-hybridized carbons (Fsp3) is 0.375. The number of hydrogen-bond acceptors (Lipinski definition) is 4. The van der Waals surface area contributed by atoms with Crippen LogP contribution in [0, 0.1) is 0 Å². The van der Waals surface area contributed by atoms with Crippen molar-refractivity contribution < 1.29 is 9.59 Å². The lowest BCUT2D eigenvalue weighted by Gasteiger charge is -2.23. The second-order valence-electron chi connectivity index (χ2n) is 5.00. The zero-order valence-electron chi connectivity index (χ0n) is 12.8. The molecule has 2 heterocycles. The van der Waals surface area contributed by atoms with Gasteiger partial charge in [0.1, 0.15) is 0 Å². The van der Waals surface area contributed by atoms with Gasteiger partial charge in [0.15, 0.2) is 5.65 Å². The van der Waals surface area contributed by atoms with E-state index >= 15 is 0 Å². The normalized spacial score (nSPS) is 10.6. The van der Waals surface area contributed by atoms with Crippen LogP contribution in [0.5, 0.6) is 0 Å². The predicted molar refractivity (Wildman–Crippen MR) is 84.1 cm³/mol. The number of aromatic nitrogens is 2. The van der Waals surface area contributed by atoms with Gasteiger partial charge in [-0.15, -0.1) is 0 Å². The summed E-state index contributed by atoms with van der Waals surface area (Å²) >= 11 is 0. The standard InChI is InChI=1S/C16H19N3O3/c1-3-6-13(20)18(14(21)7-4-2)19-15(22)10-9-12-8-5-11-17-16(12)19/h5,8-11H,3-4,6-7H2,1-2H3. The monoisotopic (exact) mass is 301 g/mol. The van der Waals surface area contributed by atoms with Crippen LogP contribution in [0.3, 0.4) is 0 Å². The van der Waals surface area contributed by atoms with Crippen LogP contribution >= 0.6 is 0 Å². The maximum atomic E-state index is 12.4. The third-order valence-electron chi connectivity index (χ3n) is 3.23. The summed E-state index contributed by atoms with van der Waals surface area (Å²) in [6.45, 7) is 3.70. The van der Waals surface area contributed by atoms with Crippen LogP contribution in [0.2, 0.25) is 0 Å². The molecule has 0 fully saturated rings. The Bertz CT molecular complexity index is 734. The minimum Gasteiger partial charge on any atom is -0.273 e. The lowest BCUT2D eigenvalue weighted by atomic mass is 10.2. The van der Waals surface area contributed by atoms with E-state index in [9.17, 15) is 14.4 Å². The molecule has 2 aromatic heterocycles. The molecule has 0 aliphatic carbocycles. The third-order valence-corrected chi connectivity index (χ3v) is 3.23. The van der Waals surface area contributed by atoms with Crippen LogP contribution < -0.4 is 10.6 Å². The quantitative estimate of drug-likeness (QED) is 0.846. The van der Waals surface area contributed by atoms with E-state index < -0.39 is 5.56 Å². The lowest BCUT2D eigenvalue weighted by molar-refractivity contribution is -0.129. The molecule has 2 rings (SSSR count). The van der Waals surface area contributed by atoms with Crippen molar-refractivity contribution in [3.05, 3.63) is 40.8 Å². The number of carbonyl (C=O) groups is 2. The van der Waals surface area contributed by atoms with Crippen molar-refractivity contribution in [1.82, 2.24) is 9.66 Å². The van der Waals surface area contributed by atoms with E-state index in [0.29, 0.717) is 23.9 Å². The van der Waals surface area contributed by atoms with Gasteiger partial charge in [-0.1, -0.05) is 13.8 Å². The second-order valence-corrected chi connectivity index (χ2v) is 5.00. The minimum absolute atomic E-state index is 0.200. The first kappa shape index (κ1) is 15.9. The highest BCUT2D eigenvalue weighted by Crippen LogP contribution is 2.11. The van der Waals surface area contributed by atoms with E-state index in [4.69, 9.17) is 0 Å². The number of hydrogen-bond donors (Lipinski definition) is 0. The molecule has 0 aliphatic rings. The molecule has 0 N–H and O–H groups in total. The first-order valence-corrected chi connectivity index (χ1v) is 7.43. The zero-order valence-corrected chi connectivity index (χ0v) is 12.8. The number of nitrogens with zero attached hydrogens (tertiary/aromatic N) is 3. The number of rotatable bonds is 5. The molecule has 0 radical (unpaired) electrons. The molecule has 0 unspecified atom stereocenters. The zero-order chi connectivity index (χ0) is 16.1. The molecule has 22 heavy (non-hydrogen) atoms. The molecule has 0 saturated carbocycles. The van der Waals surface area contributed by atoms with Crippen LogP contribution in [-0.2, 0) is 9.59 Å². The average Bonchev–Trinajstić information content (AvgIpc) is 2.50. The molecule has 0 aromatic carbocycles. The highest BCUT2D eigenvalue weighted by Gasteiger charge is 2.24. The molecule has 0 bridgehead atoms. The Morgan fingerprint density at radius 1 is 1.09 bits per heavy atom. The summed E-state index contributed by atoms with van der Waals surface area (Å²) in [5, 5.41) is 1.64. The largest absolute Gasteiger partial charge is 0.273 e. The Labute approximate surface area is 128 Å². The van der Waals surface area contributed by atoms with Crippen molar-refractivity contribution in [2.24, 2.45) is 0 Å². The molecule has 0 spiro atoms. The Morgan fingerprint density at radius 3 is 2.32 bits per heavy atom. The maximum absolute atomic E-state index is 12.4. The highest BCUT2D eigenvalue weighted by molar-refractivity contribution is 6.09. The van der Waals surface area contributed by atoms with E-state index in [0.717, 1.165) is 9.69 Å². The fourth-order valence-electron chi connectivity index (χ4n) is 2.25. The topological polar surface area (TPSA) is 72.3 Å². The van der Waals surface area contributed by atoms with Crippen LogP contribution in [0.25, 0.3) is 11.0 Å². The number of carbonyl (C=O) groups excluding carboxylic acids is 2. The second kappa shape index (κ2) is 6.98.